The summed E-state index contributed by atoms with van der Waals surface area (Å²) in [6, 6.07) is 11.9. The SMILES string of the molecule is O=C(C[C@@H]1OCCc2ccsc21)Oc1ccc(NC(=O)c2ccco2)cc1. The summed E-state index contributed by atoms with van der Waals surface area (Å²) in [5.41, 5.74) is 1.83. The molecule has 1 aliphatic rings. The van der Waals surface area contributed by atoms with Gasteiger partial charge < -0.3 is 19.2 Å². The molecule has 0 fully saturated rings. The van der Waals surface area contributed by atoms with Crippen LogP contribution in [0.25, 0.3) is 0 Å². The minimum absolute atomic E-state index is 0.171. The molecule has 0 saturated carbocycles. The van der Waals surface area contributed by atoms with Gasteiger partial charge in [-0.15, -0.1) is 11.3 Å². The Morgan fingerprint density at radius 2 is 2.04 bits per heavy atom. The van der Waals surface area contributed by atoms with E-state index in [0.717, 1.165) is 11.3 Å². The summed E-state index contributed by atoms with van der Waals surface area (Å²) in [5.74, 6) is -0.0521. The number of ether oxygens (including phenoxy) is 2. The van der Waals surface area contributed by atoms with E-state index in [1.165, 1.54) is 11.8 Å². The molecule has 1 amide bonds. The molecule has 0 unspecified atom stereocenters. The second-order valence-electron chi connectivity index (χ2n) is 6.05. The third-order valence-corrected chi connectivity index (χ3v) is 5.26. The smallest absolute Gasteiger partial charge is 0.314 e. The number of nitrogens with one attached hydrogen (secondary N) is 1. The highest BCUT2D eigenvalue weighted by atomic mass is 32.1. The Morgan fingerprint density at radius 3 is 2.81 bits per heavy atom. The van der Waals surface area contributed by atoms with Crippen LogP contribution < -0.4 is 10.1 Å². The first-order valence-corrected chi connectivity index (χ1v) is 9.40. The van der Waals surface area contributed by atoms with Gasteiger partial charge in [-0.05, 0) is 59.8 Å². The molecule has 0 saturated heterocycles. The van der Waals surface area contributed by atoms with Crippen molar-refractivity contribution in [2.24, 2.45) is 0 Å². The Bertz CT molecular complexity index is 930. The van der Waals surface area contributed by atoms with E-state index in [-0.39, 0.29) is 30.2 Å². The Balaban J connectivity index is 1.33. The van der Waals surface area contributed by atoms with Crippen LogP contribution in [0, 0.1) is 0 Å². The fourth-order valence-corrected chi connectivity index (χ4v) is 3.91. The van der Waals surface area contributed by atoms with Gasteiger partial charge in [0.1, 0.15) is 11.9 Å². The van der Waals surface area contributed by atoms with Gasteiger partial charge in [-0.1, -0.05) is 0 Å². The molecular weight excluding hydrogens is 366 g/mol. The molecule has 1 aliphatic heterocycles. The van der Waals surface area contributed by atoms with Gasteiger partial charge in [0.2, 0.25) is 0 Å². The molecule has 0 spiro atoms. The van der Waals surface area contributed by atoms with Crippen molar-refractivity contribution in [2.45, 2.75) is 18.9 Å². The molecule has 3 heterocycles. The average Bonchev–Trinajstić information content (AvgIpc) is 3.35. The Morgan fingerprint density at radius 1 is 1.19 bits per heavy atom. The van der Waals surface area contributed by atoms with E-state index in [2.05, 4.69) is 11.4 Å². The number of carbonyl (C=O) groups excluding carboxylic acids is 2. The van der Waals surface area contributed by atoms with E-state index in [9.17, 15) is 9.59 Å². The van der Waals surface area contributed by atoms with E-state index in [0.29, 0.717) is 18.0 Å². The van der Waals surface area contributed by atoms with Crippen LogP contribution in [0.1, 0.15) is 33.5 Å². The van der Waals surface area contributed by atoms with Crippen molar-refractivity contribution in [3.05, 3.63) is 70.3 Å². The zero-order valence-corrected chi connectivity index (χ0v) is 15.2. The van der Waals surface area contributed by atoms with E-state index < -0.39 is 0 Å². The molecule has 0 radical (unpaired) electrons. The van der Waals surface area contributed by atoms with E-state index in [1.807, 2.05) is 5.38 Å². The molecular formula is C20H17NO5S. The van der Waals surface area contributed by atoms with Crippen molar-refractivity contribution in [2.75, 3.05) is 11.9 Å². The van der Waals surface area contributed by atoms with E-state index in [1.54, 1.807) is 47.7 Å². The predicted octanol–water partition coefficient (Wildman–Crippen LogP) is 4.20. The van der Waals surface area contributed by atoms with Gasteiger partial charge in [0.15, 0.2) is 5.76 Å². The van der Waals surface area contributed by atoms with Crippen molar-refractivity contribution in [3.8, 4) is 5.75 Å². The van der Waals surface area contributed by atoms with Crippen molar-refractivity contribution in [1.29, 1.82) is 0 Å². The third kappa shape index (κ3) is 4.10. The maximum absolute atomic E-state index is 12.3. The van der Waals surface area contributed by atoms with Crippen molar-refractivity contribution in [3.63, 3.8) is 0 Å². The lowest BCUT2D eigenvalue weighted by molar-refractivity contribution is -0.137. The van der Waals surface area contributed by atoms with Crippen molar-refractivity contribution >= 4 is 28.9 Å². The predicted molar refractivity (Wildman–Crippen MR) is 100 cm³/mol. The topological polar surface area (TPSA) is 77.8 Å². The second-order valence-corrected chi connectivity index (χ2v) is 7.00. The Hall–Kier alpha value is -2.90. The van der Waals surface area contributed by atoms with Gasteiger partial charge >= 0.3 is 5.97 Å². The lowest BCUT2D eigenvalue weighted by Gasteiger charge is -2.22. The molecule has 6 nitrogen and oxygen atoms in total. The molecule has 0 bridgehead atoms. The maximum atomic E-state index is 12.3. The molecule has 0 aliphatic carbocycles. The van der Waals surface area contributed by atoms with Crippen LogP contribution in [0.4, 0.5) is 5.69 Å². The normalized spacial score (nSPS) is 15.8. The van der Waals surface area contributed by atoms with Crippen LogP contribution in [-0.2, 0) is 16.0 Å². The molecule has 1 N–H and O–H groups in total. The van der Waals surface area contributed by atoms with Crippen LogP contribution in [0.15, 0.2) is 58.5 Å². The first-order valence-electron chi connectivity index (χ1n) is 8.52. The first kappa shape index (κ1) is 17.5. The number of hydrogen-bond acceptors (Lipinski definition) is 6. The molecule has 1 aromatic carbocycles. The molecule has 7 heteroatoms. The van der Waals surface area contributed by atoms with Gasteiger partial charge in [0, 0.05) is 10.6 Å². The summed E-state index contributed by atoms with van der Waals surface area (Å²) in [7, 11) is 0. The van der Waals surface area contributed by atoms with Gasteiger partial charge in [-0.2, -0.15) is 0 Å². The molecule has 1 atom stereocenters. The van der Waals surface area contributed by atoms with Crippen LogP contribution in [-0.4, -0.2) is 18.5 Å². The minimum atomic E-state index is -0.353. The number of anilines is 1. The van der Waals surface area contributed by atoms with Crippen LogP contribution in [0.5, 0.6) is 5.75 Å². The van der Waals surface area contributed by atoms with Crippen molar-refractivity contribution in [1.82, 2.24) is 0 Å². The van der Waals surface area contributed by atoms with Gasteiger partial charge in [-0.3, -0.25) is 9.59 Å². The van der Waals surface area contributed by atoms with E-state index in [4.69, 9.17) is 13.9 Å². The summed E-state index contributed by atoms with van der Waals surface area (Å²) >= 11 is 1.61. The Labute approximate surface area is 159 Å². The number of hydrogen-bond donors (Lipinski definition) is 1. The number of thiophene rings is 1. The standard InChI is InChI=1S/C20H17NO5S/c22-18(12-17-19-13(7-10-25-17)8-11-27-19)26-15-5-3-14(4-6-15)21-20(23)16-2-1-9-24-16/h1-6,8-9,11,17H,7,10,12H2,(H,21,23)/t17-/m0/s1. The first-order chi connectivity index (χ1) is 13.2. The Kier molecular flexibility index (Phi) is 5.04. The van der Waals surface area contributed by atoms with Crippen LogP contribution in [0.3, 0.4) is 0 Å². The maximum Gasteiger partial charge on any atom is 0.314 e. The summed E-state index contributed by atoms with van der Waals surface area (Å²) in [6.07, 6.45) is 2.25. The van der Waals surface area contributed by atoms with E-state index >= 15 is 0 Å². The highest BCUT2D eigenvalue weighted by molar-refractivity contribution is 7.10. The van der Waals surface area contributed by atoms with Crippen LogP contribution >= 0.6 is 11.3 Å². The summed E-state index contributed by atoms with van der Waals surface area (Å²) in [6.45, 7) is 0.617. The fourth-order valence-electron chi connectivity index (χ4n) is 2.91. The lowest BCUT2D eigenvalue weighted by Crippen LogP contribution is -2.19. The average molecular weight is 383 g/mol. The third-order valence-electron chi connectivity index (χ3n) is 4.20. The highest BCUT2D eigenvalue weighted by Gasteiger charge is 2.25. The summed E-state index contributed by atoms with van der Waals surface area (Å²) in [5, 5.41) is 4.73. The molecule has 2 aromatic heterocycles. The quantitative estimate of drug-likeness (QED) is 0.528. The number of esters is 1. The van der Waals surface area contributed by atoms with Gasteiger partial charge in [0.25, 0.3) is 5.91 Å². The number of fused-ring (bicyclic) bond motifs is 1. The summed E-state index contributed by atoms with van der Waals surface area (Å²) in [4.78, 5) is 25.3. The van der Waals surface area contributed by atoms with Crippen molar-refractivity contribution < 1.29 is 23.5 Å². The van der Waals surface area contributed by atoms with Gasteiger partial charge in [0.05, 0.1) is 19.3 Å². The molecule has 4 rings (SSSR count). The number of benzene rings is 1. The molecule has 138 valence electrons. The molecule has 27 heavy (non-hydrogen) atoms. The minimum Gasteiger partial charge on any atom is -0.459 e. The second kappa shape index (κ2) is 7.77. The zero-order chi connectivity index (χ0) is 18.6. The zero-order valence-electron chi connectivity index (χ0n) is 14.3. The number of rotatable bonds is 5. The number of amides is 1. The number of carbonyl (C=O) groups is 2. The van der Waals surface area contributed by atoms with Crippen LogP contribution in [0.2, 0.25) is 0 Å². The number of furan rings is 1. The highest BCUT2D eigenvalue weighted by Crippen LogP contribution is 2.34. The molecule has 3 aromatic rings. The fraction of sp³-hybridized carbons (Fsp3) is 0.200. The summed E-state index contributed by atoms with van der Waals surface area (Å²) < 4.78 is 16.2. The largest absolute Gasteiger partial charge is 0.459 e. The monoisotopic (exact) mass is 383 g/mol. The lowest BCUT2D eigenvalue weighted by atomic mass is 10.1. The van der Waals surface area contributed by atoms with Gasteiger partial charge in [-0.25, -0.2) is 0 Å².